The molecule has 0 aliphatic carbocycles. The predicted octanol–water partition coefficient (Wildman–Crippen LogP) is 0.671. The summed E-state index contributed by atoms with van der Waals surface area (Å²) in [6, 6.07) is 0. The van der Waals surface area contributed by atoms with Crippen molar-refractivity contribution in [3.8, 4) is 0 Å². The number of nitrogens with zero attached hydrogens (tertiary/aromatic N) is 1. The third-order valence-corrected chi connectivity index (χ3v) is 4.89. The Bertz CT molecular complexity index is 221. The van der Waals surface area contributed by atoms with E-state index < -0.39 is 0 Å². The largest absolute Gasteiger partial charge is 0.317 e. The van der Waals surface area contributed by atoms with Crippen LogP contribution >= 0.6 is 0 Å². The zero-order valence-electron chi connectivity index (χ0n) is 10.3. The van der Waals surface area contributed by atoms with E-state index in [1.165, 1.54) is 71.5 Å². The quantitative estimate of drug-likeness (QED) is 0.720. The van der Waals surface area contributed by atoms with Crippen LogP contribution in [0.2, 0.25) is 0 Å². The van der Waals surface area contributed by atoms with Gasteiger partial charge in [0.2, 0.25) is 0 Å². The zero-order chi connectivity index (χ0) is 10.8. The molecule has 16 heavy (non-hydrogen) atoms. The molecule has 3 saturated heterocycles. The molecule has 0 aromatic heterocycles. The Balaban J connectivity index is 1.43. The maximum absolute atomic E-state index is 3.46. The highest BCUT2D eigenvalue weighted by Crippen LogP contribution is 2.35. The minimum atomic E-state index is 0.713. The normalized spacial score (nSPS) is 31.5. The Hall–Kier alpha value is -0.120. The summed E-state index contributed by atoms with van der Waals surface area (Å²) in [5, 5.41) is 6.90. The van der Waals surface area contributed by atoms with Gasteiger partial charge in [-0.3, -0.25) is 0 Å². The first-order valence-corrected chi connectivity index (χ1v) is 7.00. The number of hydrogen-bond donors (Lipinski definition) is 2. The van der Waals surface area contributed by atoms with Crippen molar-refractivity contribution in [3.63, 3.8) is 0 Å². The van der Waals surface area contributed by atoms with Crippen molar-refractivity contribution in [3.05, 3.63) is 0 Å². The van der Waals surface area contributed by atoms with Crippen molar-refractivity contribution in [1.29, 1.82) is 0 Å². The minimum absolute atomic E-state index is 0.713. The van der Waals surface area contributed by atoms with Gasteiger partial charge in [-0.1, -0.05) is 0 Å². The third-order valence-electron chi connectivity index (χ3n) is 4.89. The molecule has 3 heteroatoms. The summed E-state index contributed by atoms with van der Waals surface area (Å²) in [5.41, 5.74) is 0.713. The molecule has 0 atom stereocenters. The molecule has 0 amide bonds. The van der Waals surface area contributed by atoms with E-state index in [0.29, 0.717) is 5.41 Å². The average molecular weight is 223 g/mol. The van der Waals surface area contributed by atoms with Crippen molar-refractivity contribution in [1.82, 2.24) is 15.5 Å². The Morgan fingerprint density at radius 2 is 1.69 bits per heavy atom. The standard InChI is InChI=1S/C13H25N3/c1-5-14-6-2-12(1)9-16-7-3-13(4-8-16)10-15-11-13/h12,14-15H,1-11H2. The van der Waals surface area contributed by atoms with E-state index in [-0.39, 0.29) is 0 Å². The van der Waals surface area contributed by atoms with Gasteiger partial charge in [-0.2, -0.15) is 0 Å². The number of nitrogens with one attached hydrogen (secondary N) is 2. The fourth-order valence-electron chi connectivity index (χ4n) is 3.47. The van der Waals surface area contributed by atoms with Gasteiger partial charge in [0, 0.05) is 19.6 Å². The summed E-state index contributed by atoms with van der Waals surface area (Å²) in [5.74, 6) is 0.967. The summed E-state index contributed by atoms with van der Waals surface area (Å²) in [4.78, 5) is 2.72. The van der Waals surface area contributed by atoms with Crippen molar-refractivity contribution < 1.29 is 0 Å². The second-order valence-electron chi connectivity index (χ2n) is 6.10. The van der Waals surface area contributed by atoms with Crippen LogP contribution in [-0.2, 0) is 0 Å². The van der Waals surface area contributed by atoms with E-state index in [1.54, 1.807) is 0 Å². The topological polar surface area (TPSA) is 27.3 Å². The molecule has 3 nitrogen and oxygen atoms in total. The molecular weight excluding hydrogens is 198 g/mol. The van der Waals surface area contributed by atoms with Gasteiger partial charge in [0.25, 0.3) is 0 Å². The summed E-state index contributed by atoms with van der Waals surface area (Å²) < 4.78 is 0. The Kier molecular flexibility index (Phi) is 3.18. The first-order chi connectivity index (χ1) is 7.86. The van der Waals surface area contributed by atoms with Crippen LogP contribution in [0.5, 0.6) is 0 Å². The molecule has 0 aromatic rings. The summed E-state index contributed by atoms with van der Waals surface area (Å²) >= 11 is 0. The Labute approximate surface area is 99.0 Å². The fourth-order valence-corrected chi connectivity index (χ4v) is 3.47. The molecule has 0 radical (unpaired) electrons. The summed E-state index contributed by atoms with van der Waals surface area (Å²) in [7, 11) is 0. The first-order valence-electron chi connectivity index (χ1n) is 7.00. The summed E-state index contributed by atoms with van der Waals surface area (Å²) in [6.07, 6.45) is 5.66. The number of hydrogen-bond acceptors (Lipinski definition) is 3. The monoisotopic (exact) mass is 223 g/mol. The highest BCUT2D eigenvalue weighted by Gasteiger charge is 2.39. The van der Waals surface area contributed by atoms with Gasteiger partial charge < -0.3 is 15.5 Å². The van der Waals surface area contributed by atoms with Crippen LogP contribution in [0.15, 0.2) is 0 Å². The third kappa shape index (κ3) is 2.27. The van der Waals surface area contributed by atoms with Crippen molar-refractivity contribution in [2.75, 3.05) is 45.8 Å². The first kappa shape index (κ1) is 11.0. The van der Waals surface area contributed by atoms with Gasteiger partial charge >= 0.3 is 0 Å². The van der Waals surface area contributed by atoms with Crippen LogP contribution < -0.4 is 10.6 Å². The van der Waals surface area contributed by atoms with E-state index in [1.807, 2.05) is 0 Å². The summed E-state index contributed by atoms with van der Waals surface area (Å²) in [6.45, 7) is 9.13. The molecule has 1 spiro atoms. The Morgan fingerprint density at radius 3 is 2.25 bits per heavy atom. The number of piperidine rings is 2. The Morgan fingerprint density at radius 1 is 1.00 bits per heavy atom. The van der Waals surface area contributed by atoms with Gasteiger partial charge in [-0.05, 0) is 63.2 Å². The lowest BCUT2D eigenvalue weighted by atomic mass is 9.73. The number of likely N-dealkylation sites (tertiary alicyclic amines) is 1. The average Bonchev–Trinajstić information content (AvgIpc) is 2.29. The van der Waals surface area contributed by atoms with E-state index in [0.717, 1.165) is 5.92 Å². The van der Waals surface area contributed by atoms with Crippen molar-refractivity contribution in [2.45, 2.75) is 25.7 Å². The van der Waals surface area contributed by atoms with Crippen LogP contribution in [0.1, 0.15) is 25.7 Å². The molecule has 92 valence electrons. The lowest BCUT2D eigenvalue weighted by molar-refractivity contribution is 0.0458. The van der Waals surface area contributed by atoms with Gasteiger partial charge in [-0.25, -0.2) is 0 Å². The molecule has 2 N–H and O–H groups in total. The fraction of sp³-hybridized carbons (Fsp3) is 1.00. The molecule has 0 unspecified atom stereocenters. The lowest BCUT2D eigenvalue weighted by Crippen LogP contribution is -2.58. The molecule has 0 saturated carbocycles. The highest BCUT2D eigenvalue weighted by atomic mass is 15.1. The molecule has 0 bridgehead atoms. The van der Waals surface area contributed by atoms with Crippen LogP contribution in [-0.4, -0.2) is 50.7 Å². The highest BCUT2D eigenvalue weighted by molar-refractivity contribution is 4.96. The predicted molar refractivity (Wildman–Crippen MR) is 66.6 cm³/mol. The molecule has 3 rings (SSSR count). The second kappa shape index (κ2) is 4.63. The van der Waals surface area contributed by atoms with Crippen LogP contribution in [0.3, 0.4) is 0 Å². The van der Waals surface area contributed by atoms with Crippen LogP contribution in [0.4, 0.5) is 0 Å². The van der Waals surface area contributed by atoms with E-state index in [9.17, 15) is 0 Å². The van der Waals surface area contributed by atoms with Crippen LogP contribution in [0, 0.1) is 11.3 Å². The maximum atomic E-state index is 3.46. The smallest absolute Gasteiger partial charge is 0.00212 e. The maximum Gasteiger partial charge on any atom is 0.00212 e. The zero-order valence-corrected chi connectivity index (χ0v) is 10.3. The van der Waals surface area contributed by atoms with Gasteiger partial charge in [0.1, 0.15) is 0 Å². The minimum Gasteiger partial charge on any atom is -0.317 e. The van der Waals surface area contributed by atoms with Crippen LogP contribution in [0.25, 0.3) is 0 Å². The SMILES string of the molecule is C1CC(CN2CCC3(CC2)CNC3)CCN1. The molecule has 0 aromatic carbocycles. The molecular formula is C13H25N3. The molecule has 3 aliphatic rings. The molecule has 3 fully saturated rings. The van der Waals surface area contributed by atoms with Gasteiger partial charge in [0.15, 0.2) is 0 Å². The van der Waals surface area contributed by atoms with Crippen molar-refractivity contribution in [2.24, 2.45) is 11.3 Å². The van der Waals surface area contributed by atoms with E-state index in [4.69, 9.17) is 0 Å². The second-order valence-corrected chi connectivity index (χ2v) is 6.10. The van der Waals surface area contributed by atoms with E-state index >= 15 is 0 Å². The molecule has 3 aliphatic heterocycles. The van der Waals surface area contributed by atoms with Gasteiger partial charge in [-0.15, -0.1) is 0 Å². The molecule has 3 heterocycles. The van der Waals surface area contributed by atoms with Gasteiger partial charge in [0.05, 0.1) is 0 Å². The van der Waals surface area contributed by atoms with Crippen molar-refractivity contribution >= 4 is 0 Å². The lowest BCUT2D eigenvalue weighted by Gasteiger charge is -2.49. The number of rotatable bonds is 2. The van der Waals surface area contributed by atoms with E-state index in [2.05, 4.69) is 15.5 Å².